The quantitative estimate of drug-likeness (QED) is 0.362. The molecule has 10 heteroatoms. The summed E-state index contributed by atoms with van der Waals surface area (Å²) in [7, 11) is 0. The van der Waals surface area contributed by atoms with E-state index in [2.05, 4.69) is 15.6 Å². The molecule has 2 aliphatic heterocycles. The topological polar surface area (TPSA) is 115 Å². The van der Waals surface area contributed by atoms with Gasteiger partial charge < -0.3 is 25.5 Å². The predicted octanol–water partition coefficient (Wildman–Crippen LogP) is 2.95. The van der Waals surface area contributed by atoms with E-state index in [0.29, 0.717) is 43.7 Å². The van der Waals surface area contributed by atoms with Crippen molar-refractivity contribution >= 4 is 29.1 Å². The number of nitrogens with zero attached hydrogens (tertiary/aromatic N) is 3. The van der Waals surface area contributed by atoms with E-state index in [4.69, 9.17) is 0 Å². The Kier molecular flexibility index (Phi) is 9.12. The molecule has 2 aromatic carbocycles. The van der Waals surface area contributed by atoms with Gasteiger partial charge in [0, 0.05) is 48.4 Å². The van der Waals surface area contributed by atoms with E-state index < -0.39 is 24.1 Å². The molecule has 3 heterocycles. The van der Waals surface area contributed by atoms with Crippen LogP contribution in [0.2, 0.25) is 0 Å². The van der Waals surface area contributed by atoms with Crippen molar-refractivity contribution in [3.63, 3.8) is 0 Å². The summed E-state index contributed by atoms with van der Waals surface area (Å²) >= 11 is 1.57. The predicted molar refractivity (Wildman–Crippen MR) is 158 cm³/mol. The first-order valence-electron chi connectivity index (χ1n) is 14.2. The molecule has 0 unspecified atom stereocenters. The van der Waals surface area contributed by atoms with E-state index in [9.17, 15) is 19.5 Å². The highest BCUT2D eigenvalue weighted by Crippen LogP contribution is 2.34. The minimum absolute atomic E-state index is 0.0627. The largest absolute Gasteiger partial charge is 0.389 e. The highest BCUT2D eigenvalue weighted by Gasteiger charge is 2.38. The highest BCUT2D eigenvalue weighted by molar-refractivity contribution is 7.09. The monoisotopic (exact) mass is 575 g/mol. The van der Waals surface area contributed by atoms with Crippen LogP contribution in [0.4, 0.5) is 0 Å². The molecule has 4 atom stereocenters. The van der Waals surface area contributed by atoms with Gasteiger partial charge in [0.05, 0.1) is 18.2 Å². The smallest absolute Gasteiger partial charge is 0.254 e. The van der Waals surface area contributed by atoms with Crippen LogP contribution in [0.25, 0.3) is 0 Å². The lowest BCUT2D eigenvalue weighted by Crippen LogP contribution is -2.64. The van der Waals surface area contributed by atoms with Crippen LogP contribution in [0.1, 0.15) is 62.8 Å². The third kappa shape index (κ3) is 6.50. The van der Waals surface area contributed by atoms with Crippen molar-refractivity contribution < 1.29 is 19.5 Å². The van der Waals surface area contributed by atoms with Gasteiger partial charge in [-0.25, -0.2) is 4.98 Å². The second-order valence-corrected chi connectivity index (χ2v) is 11.6. The first-order valence-corrected chi connectivity index (χ1v) is 15.1. The van der Waals surface area contributed by atoms with Crippen molar-refractivity contribution in [2.24, 2.45) is 0 Å². The molecule has 5 rings (SSSR count). The standard InChI is InChI=1S/C31H37N5O4S/c1-3-35-16-14-32-26(31(35)40)27(37)24(17-21-9-5-4-6-10-21)34-28(38)22-11-7-12-23(18-22)30(39)36-15-8-13-25(36)29-33-20(2)19-41-29/h4-7,9-12,18-19,24-27,32,37H,3,8,13-17H2,1-2H3,(H,34,38)/t24-,25+,26-,27-/m0/s1. The summed E-state index contributed by atoms with van der Waals surface area (Å²) in [6.45, 7) is 6.20. The summed E-state index contributed by atoms with van der Waals surface area (Å²) in [5, 5.41) is 20.5. The fourth-order valence-electron chi connectivity index (χ4n) is 5.69. The fourth-order valence-corrected chi connectivity index (χ4v) is 6.63. The SMILES string of the molecule is CCN1CCN[C@@H]([C@@H](O)[C@H](Cc2ccccc2)NC(=O)c2cccc(C(=O)N3CCC[C@@H]3c3nc(C)cs3)c2)C1=O. The Bertz CT molecular complexity index is 1380. The second kappa shape index (κ2) is 12.9. The third-order valence-corrected chi connectivity index (χ3v) is 8.95. The molecule has 41 heavy (non-hydrogen) atoms. The first-order chi connectivity index (χ1) is 19.9. The molecular formula is C31H37N5O4S. The first kappa shape index (κ1) is 28.9. The minimum atomic E-state index is -1.15. The zero-order chi connectivity index (χ0) is 28.9. The summed E-state index contributed by atoms with van der Waals surface area (Å²) in [6.07, 6.45) is 0.948. The number of likely N-dealkylation sites (N-methyl/N-ethyl adjacent to an activating group) is 1. The van der Waals surface area contributed by atoms with E-state index >= 15 is 0 Å². The van der Waals surface area contributed by atoms with Gasteiger partial charge >= 0.3 is 0 Å². The van der Waals surface area contributed by atoms with Crippen molar-refractivity contribution in [1.29, 1.82) is 0 Å². The lowest BCUT2D eigenvalue weighted by molar-refractivity contribution is -0.139. The maximum Gasteiger partial charge on any atom is 0.254 e. The average Bonchev–Trinajstić information content (AvgIpc) is 3.66. The number of aromatic nitrogens is 1. The molecule has 216 valence electrons. The van der Waals surface area contributed by atoms with Crippen LogP contribution in [0.3, 0.4) is 0 Å². The number of aliphatic hydroxyl groups excluding tert-OH is 1. The fraction of sp³-hybridized carbons (Fsp3) is 0.419. The average molecular weight is 576 g/mol. The molecule has 0 radical (unpaired) electrons. The number of rotatable bonds is 9. The molecular weight excluding hydrogens is 538 g/mol. The van der Waals surface area contributed by atoms with Crippen molar-refractivity contribution in [2.45, 2.75) is 57.3 Å². The summed E-state index contributed by atoms with van der Waals surface area (Å²) < 4.78 is 0. The number of piperazine rings is 1. The molecule has 2 saturated heterocycles. The molecule has 1 aromatic heterocycles. The molecule has 3 aromatic rings. The summed E-state index contributed by atoms with van der Waals surface area (Å²) in [6, 6.07) is 14.6. The van der Waals surface area contributed by atoms with E-state index in [0.717, 1.165) is 29.1 Å². The van der Waals surface area contributed by atoms with Gasteiger partial charge in [-0.15, -0.1) is 11.3 Å². The number of carbonyl (C=O) groups excluding carboxylic acids is 3. The zero-order valence-corrected chi connectivity index (χ0v) is 24.3. The van der Waals surface area contributed by atoms with Crippen LogP contribution < -0.4 is 10.6 Å². The van der Waals surface area contributed by atoms with Crippen molar-refractivity contribution in [3.05, 3.63) is 87.4 Å². The molecule has 0 saturated carbocycles. The summed E-state index contributed by atoms with van der Waals surface area (Å²) in [5.74, 6) is -0.724. The Labute approximate surface area is 244 Å². The van der Waals surface area contributed by atoms with Crippen molar-refractivity contribution in [1.82, 2.24) is 25.4 Å². The third-order valence-electron chi connectivity index (χ3n) is 7.88. The number of thiazole rings is 1. The van der Waals surface area contributed by atoms with Crippen LogP contribution in [-0.4, -0.2) is 82.0 Å². The number of nitrogens with one attached hydrogen (secondary N) is 2. The number of carbonyl (C=O) groups is 3. The highest BCUT2D eigenvalue weighted by atomic mass is 32.1. The number of hydrogen-bond acceptors (Lipinski definition) is 7. The molecule has 2 fully saturated rings. The molecule has 9 nitrogen and oxygen atoms in total. The van der Waals surface area contributed by atoms with Crippen molar-refractivity contribution in [3.8, 4) is 0 Å². The van der Waals surface area contributed by atoms with Gasteiger partial charge in [0.1, 0.15) is 11.0 Å². The summed E-state index contributed by atoms with van der Waals surface area (Å²) in [5.41, 5.74) is 2.62. The Hall–Kier alpha value is -3.60. The molecule has 2 aliphatic rings. The minimum Gasteiger partial charge on any atom is -0.389 e. The summed E-state index contributed by atoms with van der Waals surface area (Å²) in [4.78, 5) is 48.3. The zero-order valence-electron chi connectivity index (χ0n) is 23.5. The number of aliphatic hydroxyl groups is 1. The number of amides is 3. The maximum absolute atomic E-state index is 13.6. The number of likely N-dealkylation sites (tertiary alicyclic amines) is 1. The van der Waals surface area contributed by atoms with Gasteiger partial charge in [0.25, 0.3) is 11.8 Å². The van der Waals surface area contributed by atoms with Gasteiger partial charge in [-0.2, -0.15) is 0 Å². The lowest BCUT2D eigenvalue weighted by atomic mass is 9.94. The Morgan fingerprint density at radius 3 is 2.66 bits per heavy atom. The van der Waals surface area contributed by atoms with Crippen LogP contribution in [0.15, 0.2) is 60.0 Å². The van der Waals surface area contributed by atoms with E-state index in [-0.39, 0.29) is 17.9 Å². The Morgan fingerprint density at radius 1 is 1.15 bits per heavy atom. The molecule has 0 bridgehead atoms. The molecule has 0 aliphatic carbocycles. The van der Waals surface area contributed by atoms with Gasteiger partial charge in [-0.3, -0.25) is 14.4 Å². The second-order valence-electron chi connectivity index (χ2n) is 10.7. The molecule has 3 amide bonds. The number of hydrogen-bond donors (Lipinski definition) is 3. The van der Waals surface area contributed by atoms with Gasteiger partial charge in [0.2, 0.25) is 5.91 Å². The van der Waals surface area contributed by atoms with Crippen LogP contribution in [0, 0.1) is 6.92 Å². The maximum atomic E-state index is 13.6. The number of aryl methyl sites for hydroxylation is 1. The van der Waals surface area contributed by atoms with Gasteiger partial charge in [-0.1, -0.05) is 36.4 Å². The van der Waals surface area contributed by atoms with Crippen LogP contribution >= 0.6 is 11.3 Å². The van der Waals surface area contributed by atoms with Crippen LogP contribution in [0.5, 0.6) is 0 Å². The van der Waals surface area contributed by atoms with Crippen LogP contribution in [-0.2, 0) is 11.2 Å². The molecule has 0 spiro atoms. The van der Waals surface area contributed by atoms with Gasteiger partial charge in [0.15, 0.2) is 0 Å². The number of benzene rings is 2. The van der Waals surface area contributed by atoms with E-state index in [1.807, 2.05) is 54.5 Å². The Morgan fingerprint density at radius 2 is 1.93 bits per heavy atom. The Balaban J connectivity index is 1.34. The molecule has 3 N–H and O–H groups in total. The normalized spacial score (nSPS) is 20.6. The lowest BCUT2D eigenvalue weighted by Gasteiger charge is -2.37. The van der Waals surface area contributed by atoms with E-state index in [1.165, 1.54) is 0 Å². The van der Waals surface area contributed by atoms with Crippen molar-refractivity contribution in [2.75, 3.05) is 26.2 Å². The van der Waals surface area contributed by atoms with Gasteiger partial charge in [-0.05, 0) is 56.9 Å². The van der Waals surface area contributed by atoms with E-state index in [1.54, 1.807) is 40.5 Å².